The highest BCUT2D eigenvalue weighted by molar-refractivity contribution is 8.77. The van der Waals surface area contributed by atoms with Gasteiger partial charge >= 0.3 is 29.8 Å². The summed E-state index contributed by atoms with van der Waals surface area (Å²) in [5.41, 5.74) is 5.77. The van der Waals surface area contributed by atoms with E-state index in [4.69, 9.17) is 10.8 Å². The predicted octanol–water partition coefficient (Wildman–Crippen LogP) is -2.78. The van der Waals surface area contributed by atoms with Crippen LogP contribution < -0.4 is 74.9 Å². The summed E-state index contributed by atoms with van der Waals surface area (Å²) in [6.45, 7) is 8.74. The van der Waals surface area contributed by atoms with Gasteiger partial charge in [0.05, 0.1) is 19.1 Å². The van der Waals surface area contributed by atoms with E-state index in [0.717, 1.165) is 38.9 Å². The molecule has 0 saturated carbocycles. The quantitative estimate of drug-likeness (QED) is 0.0232. The maximum absolute atomic E-state index is 14.4. The lowest BCUT2D eigenvalue weighted by Crippen LogP contribution is -2.61. The molecule has 110 heavy (non-hydrogen) atoms. The molecule has 1 fully saturated rings. The van der Waals surface area contributed by atoms with Gasteiger partial charge in [0.25, 0.3) is 0 Å². The molecular formula is C69H106N14O25S2. The molecule has 614 valence electrons. The number of hydrogen-bond acceptors (Lipinski definition) is 22. The topological polar surface area (TPSA) is 628 Å². The zero-order chi connectivity index (χ0) is 82.9. The molecular weight excluding hydrogens is 1490 g/mol. The van der Waals surface area contributed by atoms with Crippen molar-refractivity contribution in [1.82, 2.24) is 69.1 Å². The monoisotopic (exact) mass is 1590 g/mol. The lowest BCUT2D eigenvalue weighted by atomic mass is 9.97. The van der Waals surface area contributed by atoms with E-state index in [1.807, 2.05) is 26.9 Å². The standard InChI is InChI=1S/C69H106N14O25S2/c1-8-36(4)57(82-68(106)58(38(6)84)83-59(97)37(5)73-60(98)42(76-65(103)48(33-55(95)96)74-39(7)85)19-14-15-30-71-50(87)20-13-12-18-41-29-31-109-110-41)66(104)72-34-51(88)75-47(32-40-16-10-9-11-17-40)64(102)78-45(23-27-53(91)92)63(101)81-56(35(2)3)67(105)79-43(21-25-49(70)86)61(99)77-44(22-26-52(89)90)62(100)80-46(69(107)108)24-28-54(93)94/h9-11,16-17,35-38,41-48,56-58,84H,8,12-15,18-34H2,1-7H3,(H2,70,86)(H,71,87)(H,72,104)(H,73,98)(H,74,85)(H,75,88)(H,76,103)(H,77,99)(H,78,102)(H,79,105)(H,80,100)(H,81,101)(H,82,106)(H,83,97)(H,89,90)(H,91,92)(H,93,94)(H,95,96)(H,107,108)/t36-,37-,38+,41?,42-,43-,44-,45-,46-,47-,48-,56-,57-,58-/m0/s1. The van der Waals surface area contributed by atoms with Crippen molar-refractivity contribution in [1.29, 1.82) is 0 Å². The number of carboxylic acids is 5. The molecule has 14 amide bonds. The predicted molar refractivity (Wildman–Crippen MR) is 394 cm³/mol. The second-order valence-electron chi connectivity index (χ2n) is 26.8. The SMILES string of the molecule is CC[C@H](C)[C@H](NC(=O)[C@@H](NC(=O)[C@H](C)NC(=O)[C@H](CCCCNC(=O)CCCCC1CCSS1)NC(=O)[C@H](CC(=O)O)NC(C)=O)[C@@H](C)O)C(=O)NCC(=O)N[C@@H](Cc1ccccc1)C(=O)N[C@@H](CCC(=O)O)C(=O)N[C@H](C(=O)N[C@@H](CCC(N)=O)C(=O)N[C@@H](CCC(=O)O)C(=O)N[C@@H](CCC(=O)O)C(=O)O)C(C)C. The minimum atomic E-state index is -1.83. The molecule has 0 radical (unpaired) electrons. The van der Waals surface area contributed by atoms with Crippen LogP contribution in [0.5, 0.6) is 0 Å². The normalized spacial score (nSPS) is 15.9. The van der Waals surface area contributed by atoms with Crippen molar-refractivity contribution in [3.8, 4) is 0 Å². The molecule has 1 aliphatic heterocycles. The molecule has 1 aromatic rings. The van der Waals surface area contributed by atoms with E-state index in [1.165, 1.54) is 20.8 Å². The Morgan fingerprint density at radius 3 is 1.45 bits per heavy atom. The third-order valence-corrected chi connectivity index (χ3v) is 20.2. The molecule has 0 aliphatic carbocycles. The summed E-state index contributed by atoms with van der Waals surface area (Å²) in [4.78, 5) is 248. The van der Waals surface area contributed by atoms with Gasteiger partial charge in [0.2, 0.25) is 82.7 Å². The number of aliphatic hydroxyl groups excluding tert-OH is 1. The van der Waals surface area contributed by atoms with Crippen LogP contribution >= 0.6 is 21.6 Å². The first-order chi connectivity index (χ1) is 51.7. The van der Waals surface area contributed by atoms with Crippen molar-refractivity contribution in [3.05, 3.63) is 35.9 Å². The van der Waals surface area contributed by atoms with Crippen LogP contribution in [0.2, 0.25) is 0 Å². The van der Waals surface area contributed by atoms with Crippen LogP contribution in [0.3, 0.4) is 0 Å². The van der Waals surface area contributed by atoms with E-state index >= 15 is 0 Å². The first-order valence-corrected chi connectivity index (χ1v) is 38.3. The summed E-state index contributed by atoms with van der Waals surface area (Å²) in [6, 6.07) is -10.5. The van der Waals surface area contributed by atoms with E-state index in [2.05, 4.69) is 63.8 Å². The second kappa shape index (κ2) is 50.5. The maximum Gasteiger partial charge on any atom is 0.326 e. The molecule has 39 nitrogen and oxygen atoms in total. The average molecular weight is 1600 g/mol. The number of primary amides is 1. The number of aliphatic hydroxyl groups is 1. The van der Waals surface area contributed by atoms with Crippen LogP contribution in [-0.2, 0) is 97.5 Å². The Hall–Kier alpha value is -10.2. The summed E-state index contributed by atoms with van der Waals surface area (Å²) < 4.78 is 0. The molecule has 1 heterocycles. The van der Waals surface area contributed by atoms with E-state index < -0.39 is 255 Å². The van der Waals surface area contributed by atoms with Gasteiger partial charge in [-0.25, -0.2) is 4.79 Å². The van der Waals surface area contributed by atoms with Crippen molar-refractivity contribution in [2.45, 2.75) is 248 Å². The van der Waals surface area contributed by atoms with Crippen molar-refractivity contribution < 1.29 is 122 Å². The Morgan fingerprint density at radius 2 is 0.945 bits per heavy atom. The molecule has 0 aromatic heterocycles. The molecule has 1 unspecified atom stereocenters. The molecule has 41 heteroatoms. The van der Waals surface area contributed by atoms with E-state index in [0.29, 0.717) is 30.1 Å². The number of carbonyl (C=O) groups excluding carboxylic acids is 14. The smallest absolute Gasteiger partial charge is 0.326 e. The molecule has 2 rings (SSSR count). The second-order valence-corrected chi connectivity index (χ2v) is 29.6. The largest absolute Gasteiger partial charge is 0.481 e. The Kier molecular flexibility index (Phi) is 44.0. The van der Waals surface area contributed by atoms with Crippen LogP contribution in [0.1, 0.15) is 170 Å². The van der Waals surface area contributed by atoms with Crippen molar-refractivity contribution in [2.24, 2.45) is 17.6 Å². The Balaban J connectivity index is 2.35. The number of carbonyl (C=O) groups is 19. The fourth-order valence-electron chi connectivity index (χ4n) is 10.8. The van der Waals surface area contributed by atoms with Gasteiger partial charge in [-0.1, -0.05) is 92.5 Å². The number of rotatable bonds is 54. The van der Waals surface area contributed by atoms with E-state index in [-0.39, 0.29) is 38.1 Å². The van der Waals surface area contributed by atoms with Gasteiger partial charge < -0.3 is 105 Å². The number of hydrogen-bond donors (Lipinski definition) is 20. The fourth-order valence-corrected chi connectivity index (χ4v) is 13.8. The van der Waals surface area contributed by atoms with E-state index in [1.54, 1.807) is 44.2 Å². The van der Waals surface area contributed by atoms with Crippen LogP contribution in [0, 0.1) is 11.8 Å². The highest BCUT2D eigenvalue weighted by atomic mass is 33.1. The Labute approximate surface area is 642 Å². The first-order valence-electron chi connectivity index (χ1n) is 36.0. The molecule has 0 spiro atoms. The number of amides is 14. The summed E-state index contributed by atoms with van der Waals surface area (Å²) in [7, 11) is 3.70. The number of benzene rings is 1. The summed E-state index contributed by atoms with van der Waals surface area (Å²) in [6.07, 6.45) is -3.51. The number of nitrogens with one attached hydrogen (secondary N) is 13. The van der Waals surface area contributed by atoms with Gasteiger partial charge in [-0.15, -0.1) is 0 Å². The average Bonchev–Trinajstić information content (AvgIpc) is 0.936. The lowest BCUT2D eigenvalue weighted by molar-refractivity contribution is -0.144. The number of carboxylic acid groups (broad SMARTS) is 5. The van der Waals surface area contributed by atoms with Gasteiger partial charge in [0.15, 0.2) is 0 Å². The Morgan fingerprint density at radius 1 is 0.464 bits per heavy atom. The highest BCUT2D eigenvalue weighted by Crippen LogP contribution is 2.40. The highest BCUT2D eigenvalue weighted by Gasteiger charge is 2.38. The fraction of sp³-hybridized carbons (Fsp3) is 0.638. The van der Waals surface area contributed by atoms with Crippen LogP contribution in [-0.4, -0.2) is 240 Å². The maximum atomic E-state index is 14.4. The summed E-state index contributed by atoms with van der Waals surface area (Å²) in [5.74, 6) is -22.0. The Bertz CT molecular complexity index is 3350. The van der Waals surface area contributed by atoms with Crippen molar-refractivity contribution >= 4 is 134 Å². The molecule has 0 bridgehead atoms. The van der Waals surface area contributed by atoms with E-state index in [9.17, 15) is 117 Å². The van der Waals surface area contributed by atoms with Gasteiger partial charge in [-0.2, -0.15) is 0 Å². The minimum absolute atomic E-state index is 0.105. The third-order valence-electron chi connectivity index (χ3n) is 17.2. The number of nitrogens with two attached hydrogens (primary N) is 1. The van der Waals surface area contributed by atoms with Gasteiger partial charge in [0, 0.05) is 63.0 Å². The molecule has 1 aromatic carbocycles. The summed E-state index contributed by atoms with van der Waals surface area (Å²) >= 11 is 0. The van der Waals surface area contributed by atoms with Gasteiger partial charge in [-0.05, 0) is 95.5 Å². The van der Waals surface area contributed by atoms with Crippen LogP contribution in [0.25, 0.3) is 0 Å². The molecule has 1 aliphatic rings. The van der Waals surface area contributed by atoms with Gasteiger partial charge in [0.1, 0.15) is 66.5 Å². The zero-order valence-electron chi connectivity index (χ0n) is 62.4. The molecule has 21 N–H and O–H groups in total. The molecule has 14 atom stereocenters. The first kappa shape index (κ1) is 95.9. The molecule has 1 saturated heterocycles. The number of aliphatic carboxylic acids is 5. The zero-order valence-corrected chi connectivity index (χ0v) is 64.1. The van der Waals surface area contributed by atoms with Crippen molar-refractivity contribution in [3.63, 3.8) is 0 Å². The van der Waals surface area contributed by atoms with Crippen molar-refractivity contribution in [2.75, 3.05) is 18.8 Å². The van der Waals surface area contributed by atoms with Crippen LogP contribution in [0.4, 0.5) is 0 Å². The van der Waals surface area contributed by atoms with Gasteiger partial charge in [-0.3, -0.25) is 86.3 Å². The van der Waals surface area contributed by atoms with Crippen LogP contribution in [0.15, 0.2) is 30.3 Å². The lowest BCUT2D eigenvalue weighted by Gasteiger charge is -2.29. The minimum Gasteiger partial charge on any atom is -0.481 e. The summed E-state index contributed by atoms with van der Waals surface area (Å²) in [5, 5.41) is 89.6. The third kappa shape index (κ3) is 38.2. The number of unbranched alkanes of at least 4 members (excludes halogenated alkanes) is 2.